The van der Waals surface area contributed by atoms with E-state index in [1.54, 1.807) is 0 Å². The molecule has 1 amide bonds. The summed E-state index contributed by atoms with van der Waals surface area (Å²) in [6.45, 7) is 7.63. The van der Waals surface area contributed by atoms with Gasteiger partial charge >= 0.3 is 0 Å². The first-order valence-corrected chi connectivity index (χ1v) is 8.01. The summed E-state index contributed by atoms with van der Waals surface area (Å²) >= 11 is 0. The quantitative estimate of drug-likeness (QED) is 0.893. The lowest BCUT2D eigenvalue weighted by molar-refractivity contribution is 0.0943. The second kappa shape index (κ2) is 6.06. The Kier molecular flexibility index (Phi) is 4.15. The number of carbonyl (C=O) groups is 1. The van der Waals surface area contributed by atoms with E-state index in [0.717, 1.165) is 17.2 Å². The average Bonchev–Trinajstić information content (AvgIpc) is 2.84. The number of hydrogen-bond donors (Lipinski definition) is 2. The standard InChI is InChI=1S/C17H25N3O/c1-12(2)18-17(21)13-4-3-5-15(10-13)19-16-7-9-20-8-6-14(16)11-20/h3-5,10,12,14,16,19H,6-9,11H2,1-2H3,(H,18,21). The topological polar surface area (TPSA) is 44.4 Å². The summed E-state index contributed by atoms with van der Waals surface area (Å²) in [6, 6.07) is 8.58. The maximum absolute atomic E-state index is 12.1. The molecule has 4 nitrogen and oxygen atoms in total. The van der Waals surface area contributed by atoms with Gasteiger partial charge in [0, 0.05) is 36.4 Å². The lowest BCUT2D eigenvalue weighted by Gasteiger charge is -2.31. The van der Waals surface area contributed by atoms with Crippen LogP contribution in [0.15, 0.2) is 24.3 Å². The maximum atomic E-state index is 12.1. The number of anilines is 1. The van der Waals surface area contributed by atoms with Gasteiger partial charge in [-0.3, -0.25) is 4.79 Å². The summed E-state index contributed by atoms with van der Waals surface area (Å²) in [5.41, 5.74) is 1.80. The van der Waals surface area contributed by atoms with Crippen LogP contribution in [0.2, 0.25) is 0 Å². The number of piperidine rings is 1. The molecule has 1 aromatic rings. The molecule has 0 aliphatic carbocycles. The van der Waals surface area contributed by atoms with Gasteiger partial charge in [-0.2, -0.15) is 0 Å². The summed E-state index contributed by atoms with van der Waals surface area (Å²) in [5.74, 6) is 0.760. The fourth-order valence-corrected chi connectivity index (χ4v) is 3.45. The number of rotatable bonds is 4. The van der Waals surface area contributed by atoms with Crippen molar-refractivity contribution in [1.29, 1.82) is 0 Å². The van der Waals surface area contributed by atoms with Crippen LogP contribution in [0.3, 0.4) is 0 Å². The SMILES string of the molecule is CC(C)NC(=O)c1cccc(NC2CCN3CCC2C3)c1. The lowest BCUT2D eigenvalue weighted by Crippen LogP contribution is -2.39. The Bertz CT molecular complexity index is 515. The van der Waals surface area contributed by atoms with Gasteiger partial charge in [0.05, 0.1) is 0 Å². The van der Waals surface area contributed by atoms with Crippen molar-refractivity contribution < 1.29 is 4.79 Å². The van der Waals surface area contributed by atoms with Crippen molar-refractivity contribution in [3.05, 3.63) is 29.8 Å². The van der Waals surface area contributed by atoms with Crippen LogP contribution < -0.4 is 10.6 Å². The molecule has 2 heterocycles. The molecule has 0 aromatic heterocycles. The number of nitrogens with zero attached hydrogens (tertiary/aromatic N) is 1. The molecule has 0 saturated carbocycles. The van der Waals surface area contributed by atoms with E-state index < -0.39 is 0 Å². The van der Waals surface area contributed by atoms with E-state index in [9.17, 15) is 4.79 Å². The number of benzene rings is 1. The van der Waals surface area contributed by atoms with Crippen molar-refractivity contribution in [2.45, 2.75) is 38.8 Å². The summed E-state index contributed by atoms with van der Waals surface area (Å²) in [5, 5.41) is 6.59. The Labute approximate surface area is 126 Å². The first-order valence-electron chi connectivity index (χ1n) is 8.01. The van der Waals surface area contributed by atoms with Crippen LogP contribution in [-0.4, -0.2) is 42.5 Å². The second-order valence-corrected chi connectivity index (χ2v) is 6.60. The van der Waals surface area contributed by atoms with Crippen molar-refractivity contribution in [2.75, 3.05) is 25.0 Å². The Morgan fingerprint density at radius 2 is 2.10 bits per heavy atom. The second-order valence-electron chi connectivity index (χ2n) is 6.60. The predicted molar refractivity (Wildman–Crippen MR) is 85.6 cm³/mol. The Balaban J connectivity index is 1.67. The summed E-state index contributed by atoms with van der Waals surface area (Å²) in [6.07, 6.45) is 2.50. The summed E-state index contributed by atoms with van der Waals surface area (Å²) < 4.78 is 0. The molecule has 0 spiro atoms. The molecule has 2 saturated heterocycles. The predicted octanol–water partition coefficient (Wildman–Crippen LogP) is 2.33. The smallest absolute Gasteiger partial charge is 0.251 e. The monoisotopic (exact) mass is 287 g/mol. The van der Waals surface area contributed by atoms with Gasteiger partial charge in [-0.1, -0.05) is 6.07 Å². The molecular formula is C17H25N3O. The largest absolute Gasteiger partial charge is 0.382 e. The highest BCUT2D eigenvalue weighted by molar-refractivity contribution is 5.95. The van der Waals surface area contributed by atoms with Crippen molar-refractivity contribution in [1.82, 2.24) is 10.2 Å². The molecule has 1 aromatic carbocycles. The lowest BCUT2D eigenvalue weighted by atomic mass is 9.94. The van der Waals surface area contributed by atoms with E-state index in [2.05, 4.69) is 21.6 Å². The molecule has 2 aliphatic heterocycles. The molecule has 3 atom stereocenters. The molecule has 2 N–H and O–H groups in total. The molecule has 21 heavy (non-hydrogen) atoms. The van der Waals surface area contributed by atoms with E-state index >= 15 is 0 Å². The van der Waals surface area contributed by atoms with Crippen molar-refractivity contribution in [3.8, 4) is 0 Å². The van der Waals surface area contributed by atoms with Gasteiger partial charge in [-0.05, 0) is 57.4 Å². The van der Waals surface area contributed by atoms with Gasteiger partial charge in [-0.15, -0.1) is 0 Å². The Morgan fingerprint density at radius 1 is 1.29 bits per heavy atom. The number of fused-ring (bicyclic) bond motifs is 2. The van der Waals surface area contributed by atoms with Crippen LogP contribution in [0, 0.1) is 5.92 Å². The minimum absolute atomic E-state index is 0.00401. The van der Waals surface area contributed by atoms with Crippen LogP contribution in [0.4, 0.5) is 5.69 Å². The van der Waals surface area contributed by atoms with Gasteiger partial charge in [0.2, 0.25) is 0 Å². The van der Waals surface area contributed by atoms with E-state index in [1.807, 2.05) is 32.0 Å². The van der Waals surface area contributed by atoms with Gasteiger partial charge in [0.1, 0.15) is 0 Å². The zero-order chi connectivity index (χ0) is 14.8. The van der Waals surface area contributed by atoms with Crippen molar-refractivity contribution in [2.24, 2.45) is 5.92 Å². The number of carbonyl (C=O) groups excluding carboxylic acids is 1. The van der Waals surface area contributed by atoms with Gasteiger partial charge in [-0.25, -0.2) is 0 Å². The molecule has 3 rings (SSSR count). The molecule has 2 bridgehead atoms. The third kappa shape index (κ3) is 3.38. The third-order valence-electron chi connectivity index (χ3n) is 4.53. The van der Waals surface area contributed by atoms with Gasteiger partial charge in [0.25, 0.3) is 5.91 Å². The van der Waals surface area contributed by atoms with E-state index in [1.165, 1.54) is 32.5 Å². The highest BCUT2D eigenvalue weighted by atomic mass is 16.1. The van der Waals surface area contributed by atoms with Crippen LogP contribution >= 0.6 is 0 Å². The van der Waals surface area contributed by atoms with Crippen LogP contribution in [0.25, 0.3) is 0 Å². The molecule has 0 radical (unpaired) electrons. The van der Waals surface area contributed by atoms with Gasteiger partial charge < -0.3 is 15.5 Å². The van der Waals surface area contributed by atoms with Crippen LogP contribution in [0.5, 0.6) is 0 Å². The van der Waals surface area contributed by atoms with E-state index in [-0.39, 0.29) is 11.9 Å². The molecular weight excluding hydrogens is 262 g/mol. The summed E-state index contributed by atoms with van der Waals surface area (Å²) in [4.78, 5) is 14.6. The molecule has 2 fully saturated rings. The number of nitrogens with one attached hydrogen (secondary N) is 2. The Morgan fingerprint density at radius 3 is 2.90 bits per heavy atom. The minimum atomic E-state index is 0.00401. The normalized spacial score (nSPS) is 27.7. The molecule has 114 valence electrons. The fraction of sp³-hybridized carbons (Fsp3) is 0.588. The van der Waals surface area contributed by atoms with Crippen LogP contribution in [0.1, 0.15) is 37.0 Å². The average molecular weight is 287 g/mol. The fourth-order valence-electron chi connectivity index (χ4n) is 3.45. The highest BCUT2D eigenvalue weighted by Crippen LogP contribution is 2.29. The number of hydrogen-bond acceptors (Lipinski definition) is 3. The van der Waals surface area contributed by atoms with E-state index in [4.69, 9.17) is 0 Å². The first kappa shape index (κ1) is 14.4. The third-order valence-corrected chi connectivity index (χ3v) is 4.53. The Hall–Kier alpha value is -1.55. The molecule has 3 unspecified atom stereocenters. The van der Waals surface area contributed by atoms with Crippen molar-refractivity contribution in [3.63, 3.8) is 0 Å². The minimum Gasteiger partial charge on any atom is -0.382 e. The van der Waals surface area contributed by atoms with Crippen LogP contribution in [-0.2, 0) is 0 Å². The molecule has 2 aliphatic rings. The number of amides is 1. The maximum Gasteiger partial charge on any atom is 0.251 e. The molecule has 4 heteroatoms. The van der Waals surface area contributed by atoms with E-state index in [0.29, 0.717) is 6.04 Å². The van der Waals surface area contributed by atoms with Gasteiger partial charge in [0.15, 0.2) is 0 Å². The zero-order valence-corrected chi connectivity index (χ0v) is 12.9. The summed E-state index contributed by atoms with van der Waals surface area (Å²) in [7, 11) is 0. The van der Waals surface area contributed by atoms with Crippen molar-refractivity contribution >= 4 is 11.6 Å². The zero-order valence-electron chi connectivity index (χ0n) is 12.9. The first-order chi connectivity index (χ1) is 10.1. The highest BCUT2D eigenvalue weighted by Gasteiger charge is 2.34.